The normalized spacial score (nSPS) is 22.0. The summed E-state index contributed by atoms with van der Waals surface area (Å²) in [5, 5.41) is 12.9. The van der Waals surface area contributed by atoms with Crippen LogP contribution in [0.1, 0.15) is 59.8 Å². The van der Waals surface area contributed by atoms with Crippen molar-refractivity contribution in [3.63, 3.8) is 0 Å². The fourth-order valence-corrected chi connectivity index (χ4v) is 7.43. The Balaban J connectivity index is 1.46. The number of halogens is 2. The Morgan fingerprint density at radius 3 is 2.52 bits per heavy atom. The van der Waals surface area contributed by atoms with Gasteiger partial charge in [-0.25, -0.2) is 8.78 Å². The van der Waals surface area contributed by atoms with Crippen LogP contribution >= 0.6 is 0 Å². The van der Waals surface area contributed by atoms with Gasteiger partial charge in [0.25, 0.3) is 5.91 Å². The van der Waals surface area contributed by atoms with E-state index in [1.807, 2.05) is 40.0 Å². The van der Waals surface area contributed by atoms with E-state index in [-0.39, 0.29) is 16.7 Å². The predicted molar refractivity (Wildman–Crippen MR) is 144 cm³/mol. The number of pyridine rings is 1. The summed E-state index contributed by atoms with van der Waals surface area (Å²) in [6, 6.07) is 14.6. The number of carbonyl (C=O) groups is 1. The third-order valence-corrected chi connectivity index (χ3v) is 9.53. The lowest BCUT2D eigenvalue weighted by atomic mass is 9.62. The molecular weight excluding hydrogens is 514 g/mol. The third-order valence-electron chi connectivity index (χ3n) is 9.53. The zero-order valence-corrected chi connectivity index (χ0v) is 21.6. The van der Waals surface area contributed by atoms with Crippen molar-refractivity contribution in [3.8, 4) is 22.7 Å². The van der Waals surface area contributed by atoms with Crippen molar-refractivity contribution >= 4 is 5.91 Å². The molecule has 0 radical (unpaired) electrons. The molecule has 0 bridgehead atoms. The standard InChI is InChI=1S/C31H26F2N4O3/c32-20-9-8-19-25(26(20)33)22-7-3-14-34(22)21-6-2-1-5-18(21)27(19)37-24-17-31(11-4-12-31)13-16-35(24)30(40)28-29(39)23(38)10-15-36(28)37/h1-3,5-10,14-15,24,27,39H,4,11-13,16-17H2. The topological polar surface area (TPSA) is 70.7 Å². The largest absolute Gasteiger partial charge is 0.502 e. The van der Waals surface area contributed by atoms with Crippen molar-refractivity contribution in [1.29, 1.82) is 0 Å². The van der Waals surface area contributed by atoms with Crippen LogP contribution in [-0.4, -0.2) is 37.9 Å². The molecule has 2 aromatic carbocycles. The highest BCUT2D eigenvalue weighted by Gasteiger charge is 2.52. The zero-order chi connectivity index (χ0) is 27.3. The first-order valence-corrected chi connectivity index (χ1v) is 13.7. The second-order valence-corrected chi connectivity index (χ2v) is 11.4. The molecule has 8 rings (SSSR count). The van der Waals surface area contributed by atoms with Crippen molar-refractivity contribution in [3.05, 3.63) is 106 Å². The van der Waals surface area contributed by atoms with Crippen LogP contribution in [0, 0.1) is 17.0 Å². The van der Waals surface area contributed by atoms with Crippen LogP contribution in [0.25, 0.3) is 16.9 Å². The van der Waals surface area contributed by atoms with E-state index in [0.717, 1.165) is 43.0 Å². The first-order chi connectivity index (χ1) is 19.4. The molecule has 1 N–H and O–H groups in total. The van der Waals surface area contributed by atoms with Gasteiger partial charge < -0.3 is 14.6 Å². The Morgan fingerprint density at radius 1 is 0.900 bits per heavy atom. The molecule has 5 heterocycles. The van der Waals surface area contributed by atoms with E-state index in [1.165, 1.54) is 12.3 Å². The lowest BCUT2D eigenvalue weighted by molar-refractivity contribution is -0.0165. The SMILES string of the molecule is O=C1c2c(O)c(=O)ccn2N(C2c3ccccc3-n3cccc3-c3c2ccc(F)c3F)C2CC3(CCC3)CCN12. The van der Waals surface area contributed by atoms with Crippen LogP contribution in [-0.2, 0) is 0 Å². The van der Waals surface area contributed by atoms with Crippen molar-refractivity contribution < 1.29 is 18.7 Å². The van der Waals surface area contributed by atoms with E-state index in [0.29, 0.717) is 24.2 Å². The summed E-state index contributed by atoms with van der Waals surface area (Å²) >= 11 is 0. The van der Waals surface area contributed by atoms with E-state index >= 15 is 4.39 Å². The minimum atomic E-state index is -0.945. The van der Waals surface area contributed by atoms with Crippen LogP contribution in [0.5, 0.6) is 5.75 Å². The number of hydrogen-bond donors (Lipinski definition) is 1. The number of amides is 1. The molecule has 2 unspecified atom stereocenters. The van der Waals surface area contributed by atoms with Gasteiger partial charge in [-0.05, 0) is 60.9 Å². The number of carbonyl (C=O) groups excluding carboxylic acids is 1. The van der Waals surface area contributed by atoms with Crippen LogP contribution in [0.15, 0.2) is 71.8 Å². The van der Waals surface area contributed by atoms with Gasteiger partial charge in [0, 0.05) is 36.1 Å². The fraction of sp³-hybridized carbons (Fsp3) is 0.290. The molecule has 2 fully saturated rings. The molecule has 1 saturated carbocycles. The molecule has 40 heavy (non-hydrogen) atoms. The zero-order valence-electron chi connectivity index (χ0n) is 21.6. The smallest absolute Gasteiger partial charge is 0.278 e. The summed E-state index contributed by atoms with van der Waals surface area (Å²) in [5.41, 5.74) is 2.18. The number of piperidine rings is 1. The third kappa shape index (κ3) is 2.97. The average molecular weight is 541 g/mol. The van der Waals surface area contributed by atoms with Crippen LogP contribution in [0.4, 0.5) is 8.78 Å². The van der Waals surface area contributed by atoms with Crippen LogP contribution < -0.4 is 10.4 Å². The quantitative estimate of drug-likeness (QED) is 0.366. The van der Waals surface area contributed by atoms with Gasteiger partial charge >= 0.3 is 0 Å². The second-order valence-electron chi connectivity index (χ2n) is 11.4. The summed E-state index contributed by atoms with van der Waals surface area (Å²) in [5.74, 6) is -2.90. The molecule has 4 aromatic rings. The molecule has 202 valence electrons. The van der Waals surface area contributed by atoms with Crippen LogP contribution in [0.2, 0.25) is 0 Å². The number of aromatic nitrogens is 2. The molecule has 7 nitrogen and oxygen atoms in total. The predicted octanol–water partition coefficient (Wildman–Crippen LogP) is 5.08. The summed E-state index contributed by atoms with van der Waals surface area (Å²) in [6.07, 6.45) is 7.76. The van der Waals surface area contributed by atoms with E-state index in [9.17, 15) is 19.1 Å². The Morgan fingerprint density at radius 2 is 1.73 bits per heavy atom. The maximum atomic E-state index is 15.8. The van der Waals surface area contributed by atoms with Crippen molar-refractivity contribution in [2.75, 3.05) is 11.6 Å². The number of fused-ring (bicyclic) bond motifs is 7. The van der Waals surface area contributed by atoms with E-state index in [2.05, 4.69) is 0 Å². The molecule has 1 aliphatic carbocycles. The number of benzene rings is 2. The highest BCUT2D eigenvalue weighted by atomic mass is 19.2. The van der Waals surface area contributed by atoms with Gasteiger partial charge in [0.15, 0.2) is 23.1 Å². The number of aromatic hydroxyl groups is 1. The van der Waals surface area contributed by atoms with Gasteiger partial charge in [-0.2, -0.15) is 0 Å². The Kier molecular flexibility index (Phi) is 4.73. The minimum absolute atomic E-state index is 0.102. The van der Waals surface area contributed by atoms with Gasteiger partial charge in [-0.15, -0.1) is 0 Å². The van der Waals surface area contributed by atoms with Gasteiger partial charge in [0.1, 0.15) is 12.2 Å². The lowest BCUT2D eigenvalue weighted by Crippen LogP contribution is -2.66. The second kappa shape index (κ2) is 8.06. The van der Waals surface area contributed by atoms with Crippen molar-refractivity contribution in [2.45, 2.75) is 44.3 Å². The van der Waals surface area contributed by atoms with Crippen LogP contribution in [0.3, 0.4) is 0 Å². The number of para-hydroxylation sites is 1. The molecule has 1 spiro atoms. The molecule has 9 heteroatoms. The summed E-state index contributed by atoms with van der Waals surface area (Å²) in [6.45, 7) is 0.488. The maximum absolute atomic E-state index is 15.8. The van der Waals surface area contributed by atoms with E-state index in [4.69, 9.17) is 0 Å². The summed E-state index contributed by atoms with van der Waals surface area (Å²) in [7, 11) is 0. The molecule has 2 aromatic heterocycles. The van der Waals surface area contributed by atoms with Gasteiger partial charge in [-0.3, -0.25) is 19.3 Å². The molecule has 1 amide bonds. The highest BCUT2D eigenvalue weighted by Crippen LogP contribution is 2.54. The lowest BCUT2D eigenvalue weighted by Gasteiger charge is -2.58. The maximum Gasteiger partial charge on any atom is 0.278 e. The Bertz CT molecular complexity index is 1790. The first kappa shape index (κ1) is 23.5. The van der Waals surface area contributed by atoms with Gasteiger partial charge in [0.2, 0.25) is 5.43 Å². The summed E-state index contributed by atoms with van der Waals surface area (Å²) < 4.78 is 34.1. The van der Waals surface area contributed by atoms with E-state index < -0.39 is 40.9 Å². The Labute approximate surface area is 228 Å². The molecular formula is C31H26F2N4O3. The van der Waals surface area contributed by atoms with Crippen molar-refractivity contribution in [1.82, 2.24) is 14.1 Å². The van der Waals surface area contributed by atoms with Gasteiger partial charge in [0.05, 0.1) is 11.4 Å². The highest BCUT2D eigenvalue weighted by molar-refractivity contribution is 5.96. The fourth-order valence-electron chi connectivity index (χ4n) is 7.43. The number of hydrogen-bond acceptors (Lipinski definition) is 4. The number of rotatable bonds is 1. The Hall–Kier alpha value is -4.40. The number of nitrogens with zero attached hydrogens (tertiary/aromatic N) is 4. The van der Waals surface area contributed by atoms with Gasteiger partial charge in [-0.1, -0.05) is 30.7 Å². The first-order valence-electron chi connectivity index (χ1n) is 13.7. The summed E-state index contributed by atoms with van der Waals surface area (Å²) in [4.78, 5) is 28.1. The van der Waals surface area contributed by atoms with E-state index in [1.54, 1.807) is 27.8 Å². The molecule has 1 saturated heterocycles. The monoisotopic (exact) mass is 540 g/mol. The average Bonchev–Trinajstić information content (AvgIpc) is 3.38. The molecule has 2 atom stereocenters. The minimum Gasteiger partial charge on any atom is -0.502 e. The van der Waals surface area contributed by atoms with Crippen molar-refractivity contribution in [2.24, 2.45) is 5.41 Å². The molecule has 4 aliphatic rings. The molecule has 3 aliphatic heterocycles.